The van der Waals surface area contributed by atoms with Crippen molar-refractivity contribution in [3.63, 3.8) is 0 Å². The molecule has 2 heterocycles. The van der Waals surface area contributed by atoms with Crippen molar-refractivity contribution in [1.82, 2.24) is 5.01 Å². The molecule has 0 aromatic heterocycles. The lowest BCUT2D eigenvalue weighted by molar-refractivity contribution is -0.114. The third-order valence-electron chi connectivity index (χ3n) is 5.37. The Kier molecular flexibility index (Phi) is 5.81. The minimum atomic E-state index is -0.482. The topological polar surface area (TPSA) is 78.1 Å². The molecule has 0 fully saturated rings. The molecule has 5 rings (SSSR count). The molecule has 0 radical (unpaired) electrons. The van der Waals surface area contributed by atoms with Gasteiger partial charge in [-0.2, -0.15) is 15.1 Å². The number of carbonyl (C=O) groups is 1. The fourth-order valence-corrected chi connectivity index (χ4v) is 4.50. The van der Waals surface area contributed by atoms with E-state index in [1.54, 1.807) is 48.5 Å². The number of nitrogens with one attached hydrogen (secondary N) is 1. The van der Waals surface area contributed by atoms with Crippen molar-refractivity contribution < 1.29 is 13.9 Å². The van der Waals surface area contributed by atoms with Crippen molar-refractivity contribution in [3.8, 4) is 5.75 Å². The summed E-state index contributed by atoms with van der Waals surface area (Å²) in [6, 6.07) is 21.3. The van der Waals surface area contributed by atoms with Gasteiger partial charge in [0.05, 0.1) is 5.57 Å². The Hall–Kier alpha value is -4.04. The second-order valence-corrected chi connectivity index (χ2v) is 8.65. The number of halogens is 1. The molecule has 34 heavy (non-hydrogen) atoms. The standard InChI is InChI=1S/C26H19FN4O2S/c1-16-6-2-4-8-20(16)25-30-31-23(28)21(24(32)29-26(31)34-25)14-17-10-12-19(13-11-17)33-15-18-7-3-5-9-22(18)27/h2-14,28H,15H2,1H3/b21-14-,28-23?. The van der Waals surface area contributed by atoms with Crippen molar-refractivity contribution >= 4 is 39.8 Å². The number of benzene rings is 3. The fraction of sp³-hybridized carbons (Fsp3) is 0.0769. The van der Waals surface area contributed by atoms with Gasteiger partial charge >= 0.3 is 0 Å². The summed E-state index contributed by atoms with van der Waals surface area (Å²) in [6.07, 6.45) is 1.61. The van der Waals surface area contributed by atoms with Gasteiger partial charge in [-0.3, -0.25) is 10.2 Å². The third kappa shape index (κ3) is 4.27. The molecule has 0 spiro atoms. The number of ether oxygens (including phenoxy) is 1. The van der Waals surface area contributed by atoms with Crippen molar-refractivity contribution in [3.05, 3.63) is 106 Å². The molecular weight excluding hydrogens is 451 g/mol. The number of aliphatic imine (C=N–C) groups is 1. The largest absolute Gasteiger partial charge is 0.489 e. The molecule has 168 valence electrons. The maximum Gasteiger partial charge on any atom is 0.283 e. The van der Waals surface area contributed by atoms with Gasteiger partial charge in [0, 0.05) is 11.1 Å². The average molecular weight is 471 g/mol. The Morgan fingerprint density at radius 2 is 1.79 bits per heavy atom. The zero-order valence-corrected chi connectivity index (χ0v) is 19.0. The molecule has 0 saturated carbocycles. The Balaban J connectivity index is 1.33. The molecule has 0 unspecified atom stereocenters. The molecule has 2 aliphatic rings. The number of fused-ring (bicyclic) bond motifs is 1. The van der Waals surface area contributed by atoms with E-state index in [0.717, 1.165) is 11.1 Å². The number of carbonyl (C=O) groups excluding carboxylic acids is 1. The molecule has 0 bridgehead atoms. The van der Waals surface area contributed by atoms with Gasteiger partial charge < -0.3 is 4.74 Å². The van der Waals surface area contributed by atoms with E-state index in [0.29, 0.717) is 27.1 Å². The van der Waals surface area contributed by atoms with Crippen molar-refractivity contribution in [1.29, 1.82) is 5.41 Å². The number of amides is 1. The Labute approximate surface area is 200 Å². The van der Waals surface area contributed by atoms with Gasteiger partial charge in [0.15, 0.2) is 5.84 Å². The first-order valence-electron chi connectivity index (χ1n) is 10.5. The minimum Gasteiger partial charge on any atom is -0.489 e. The molecule has 1 N–H and O–H groups in total. The van der Waals surface area contributed by atoms with Crippen LogP contribution in [0, 0.1) is 18.2 Å². The highest BCUT2D eigenvalue weighted by atomic mass is 32.2. The van der Waals surface area contributed by atoms with E-state index in [2.05, 4.69) is 10.1 Å². The minimum absolute atomic E-state index is 0.0223. The fourth-order valence-electron chi connectivity index (χ4n) is 3.52. The maximum absolute atomic E-state index is 13.8. The van der Waals surface area contributed by atoms with Crippen LogP contribution < -0.4 is 4.74 Å². The molecular formula is C26H19FN4O2S. The predicted molar refractivity (Wildman–Crippen MR) is 132 cm³/mol. The molecule has 0 saturated heterocycles. The smallest absolute Gasteiger partial charge is 0.283 e. The lowest BCUT2D eigenvalue weighted by atomic mass is 10.1. The Morgan fingerprint density at radius 3 is 2.56 bits per heavy atom. The van der Waals surface area contributed by atoms with E-state index in [1.165, 1.54) is 22.8 Å². The third-order valence-corrected chi connectivity index (χ3v) is 6.31. The van der Waals surface area contributed by atoms with Crippen LogP contribution in [-0.4, -0.2) is 27.0 Å². The SMILES string of the molecule is Cc1ccccc1C1=NN2C(=N)/C(=C/c3ccc(OCc4ccccc4F)cc3)C(=O)N=C2S1. The molecule has 2 aliphatic heterocycles. The molecule has 0 aliphatic carbocycles. The summed E-state index contributed by atoms with van der Waals surface area (Å²) in [5.41, 5.74) is 3.33. The summed E-state index contributed by atoms with van der Waals surface area (Å²) in [7, 11) is 0. The number of rotatable bonds is 5. The number of hydrogen-bond donors (Lipinski definition) is 1. The molecule has 1 amide bonds. The molecule has 3 aromatic rings. The molecule has 3 aromatic carbocycles. The molecule has 0 atom stereocenters. The van der Waals surface area contributed by atoms with E-state index in [4.69, 9.17) is 10.1 Å². The molecule has 8 heteroatoms. The summed E-state index contributed by atoms with van der Waals surface area (Å²) in [5.74, 6) is -0.249. The van der Waals surface area contributed by atoms with Gasteiger partial charge in [0.1, 0.15) is 23.2 Å². The molecule has 6 nitrogen and oxygen atoms in total. The zero-order chi connectivity index (χ0) is 23.7. The lowest BCUT2D eigenvalue weighted by Crippen LogP contribution is -2.35. The van der Waals surface area contributed by atoms with Crippen molar-refractivity contribution in [2.24, 2.45) is 10.1 Å². The summed E-state index contributed by atoms with van der Waals surface area (Å²) in [4.78, 5) is 16.8. The van der Waals surface area contributed by atoms with E-state index >= 15 is 0 Å². The maximum atomic E-state index is 13.8. The van der Waals surface area contributed by atoms with Gasteiger partial charge in [-0.25, -0.2) is 4.39 Å². The highest BCUT2D eigenvalue weighted by Gasteiger charge is 2.36. The Morgan fingerprint density at radius 1 is 1.06 bits per heavy atom. The lowest BCUT2D eigenvalue weighted by Gasteiger charge is -2.20. The van der Waals surface area contributed by atoms with Gasteiger partial charge in [-0.15, -0.1) is 0 Å². The van der Waals surface area contributed by atoms with Crippen LogP contribution in [0.2, 0.25) is 0 Å². The number of hydrogen-bond acceptors (Lipinski definition) is 5. The van der Waals surface area contributed by atoms with Crippen LogP contribution in [0.1, 0.15) is 22.3 Å². The van der Waals surface area contributed by atoms with E-state index in [1.807, 2.05) is 31.2 Å². The van der Waals surface area contributed by atoms with E-state index in [-0.39, 0.29) is 23.8 Å². The first kappa shape index (κ1) is 21.8. The van der Waals surface area contributed by atoms with Crippen LogP contribution in [0.3, 0.4) is 0 Å². The van der Waals surface area contributed by atoms with Crippen LogP contribution in [0.5, 0.6) is 5.75 Å². The number of amidine groups is 2. The van der Waals surface area contributed by atoms with Crippen LogP contribution in [-0.2, 0) is 11.4 Å². The summed E-state index contributed by atoms with van der Waals surface area (Å²) in [6.45, 7) is 2.10. The summed E-state index contributed by atoms with van der Waals surface area (Å²) >= 11 is 1.28. The average Bonchev–Trinajstić information content (AvgIpc) is 3.26. The highest BCUT2D eigenvalue weighted by Crippen LogP contribution is 2.32. The predicted octanol–water partition coefficient (Wildman–Crippen LogP) is 5.38. The first-order valence-corrected chi connectivity index (χ1v) is 11.3. The quantitative estimate of drug-likeness (QED) is 0.508. The van der Waals surface area contributed by atoms with Gasteiger partial charge in [0.25, 0.3) is 5.91 Å². The van der Waals surface area contributed by atoms with Crippen molar-refractivity contribution in [2.75, 3.05) is 0 Å². The van der Waals surface area contributed by atoms with Gasteiger partial charge in [-0.05, 0) is 54.1 Å². The Bertz CT molecular complexity index is 1400. The number of thioether (sulfide) groups is 1. The van der Waals surface area contributed by atoms with Crippen LogP contribution in [0.15, 0.2) is 88.5 Å². The first-order chi connectivity index (χ1) is 16.5. The van der Waals surface area contributed by atoms with Crippen molar-refractivity contribution in [2.45, 2.75) is 13.5 Å². The summed E-state index contributed by atoms with van der Waals surface area (Å²) < 4.78 is 19.4. The van der Waals surface area contributed by atoms with E-state index < -0.39 is 5.91 Å². The number of aryl methyl sites for hydroxylation is 1. The monoisotopic (exact) mass is 470 g/mol. The second-order valence-electron chi connectivity index (χ2n) is 7.69. The second kappa shape index (κ2) is 9.07. The van der Waals surface area contributed by atoms with Gasteiger partial charge in [0.2, 0.25) is 5.17 Å². The number of nitrogens with zero attached hydrogens (tertiary/aromatic N) is 3. The zero-order valence-electron chi connectivity index (χ0n) is 18.2. The van der Waals surface area contributed by atoms with Crippen LogP contribution >= 0.6 is 11.8 Å². The van der Waals surface area contributed by atoms with Crippen LogP contribution in [0.25, 0.3) is 6.08 Å². The summed E-state index contributed by atoms with van der Waals surface area (Å²) in [5, 5.41) is 15.6. The normalized spacial score (nSPS) is 16.4. The van der Waals surface area contributed by atoms with E-state index in [9.17, 15) is 9.18 Å². The number of hydrazone groups is 1. The van der Waals surface area contributed by atoms with Gasteiger partial charge in [-0.1, -0.05) is 54.6 Å². The highest BCUT2D eigenvalue weighted by molar-refractivity contribution is 8.27. The van der Waals surface area contributed by atoms with Crippen LogP contribution in [0.4, 0.5) is 4.39 Å².